The van der Waals surface area contributed by atoms with Crippen molar-refractivity contribution in [3.63, 3.8) is 0 Å². The molecule has 7 nitrogen and oxygen atoms in total. The second kappa shape index (κ2) is 3.89. The summed E-state index contributed by atoms with van der Waals surface area (Å²) in [6.07, 6.45) is 0. The van der Waals surface area contributed by atoms with Gasteiger partial charge in [0.25, 0.3) is 0 Å². The zero-order valence-corrected chi connectivity index (χ0v) is 11.6. The number of hydrogen-bond acceptors (Lipinski definition) is 6. The lowest BCUT2D eigenvalue weighted by molar-refractivity contribution is -0.118. The highest BCUT2D eigenvalue weighted by atomic mass is 16.4. The van der Waals surface area contributed by atoms with E-state index >= 15 is 0 Å². The molecule has 4 rings (SSSR count). The van der Waals surface area contributed by atoms with Crippen LogP contribution in [0.15, 0.2) is 40.1 Å². The molecule has 0 bridgehead atoms. The lowest BCUT2D eigenvalue weighted by atomic mass is 9.71. The Morgan fingerprint density at radius 2 is 2.14 bits per heavy atom. The predicted octanol–water partition coefficient (Wildman–Crippen LogP) is 1.34. The Balaban J connectivity index is 2.16. The molecule has 0 radical (unpaired) electrons. The molecule has 4 N–H and O–H groups in total. The van der Waals surface area contributed by atoms with Crippen molar-refractivity contribution in [1.29, 1.82) is 5.26 Å². The highest BCUT2D eigenvalue weighted by Gasteiger charge is 2.57. The summed E-state index contributed by atoms with van der Waals surface area (Å²) < 4.78 is 5.49. The van der Waals surface area contributed by atoms with Crippen molar-refractivity contribution >= 4 is 17.5 Å². The van der Waals surface area contributed by atoms with Gasteiger partial charge in [-0.2, -0.15) is 5.26 Å². The fraction of sp³-hybridized carbons (Fsp3) is 0.133. The fourth-order valence-electron chi connectivity index (χ4n) is 3.16. The van der Waals surface area contributed by atoms with Gasteiger partial charge < -0.3 is 20.8 Å². The maximum Gasteiger partial charge on any atom is 0.246 e. The Morgan fingerprint density at radius 1 is 1.36 bits per heavy atom. The van der Waals surface area contributed by atoms with Crippen LogP contribution in [0.5, 0.6) is 0 Å². The van der Waals surface area contributed by atoms with Gasteiger partial charge in [0.1, 0.15) is 17.6 Å². The number of amides is 1. The first-order valence-corrected chi connectivity index (χ1v) is 6.65. The van der Waals surface area contributed by atoms with Crippen molar-refractivity contribution in [2.75, 3.05) is 10.6 Å². The summed E-state index contributed by atoms with van der Waals surface area (Å²) in [7, 11) is 0. The molecule has 3 heterocycles. The molecule has 0 saturated heterocycles. The van der Waals surface area contributed by atoms with Gasteiger partial charge in [0.05, 0.1) is 5.57 Å². The van der Waals surface area contributed by atoms with Gasteiger partial charge in [0, 0.05) is 18.2 Å². The third-order valence-corrected chi connectivity index (χ3v) is 4.01. The number of aromatic nitrogens is 1. The molecule has 2 aliphatic heterocycles. The van der Waals surface area contributed by atoms with E-state index in [1.807, 2.05) is 6.07 Å². The second-order valence-corrected chi connectivity index (χ2v) is 5.19. The summed E-state index contributed by atoms with van der Waals surface area (Å²) in [5, 5.41) is 15.2. The highest BCUT2D eigenvalue weighted by molar-refractivity contribution is 6.12. The lowest BCUT2D eigenvalue weighted by Crippen LogP contribution is -2.43. The minimum atomic E-state index is -1.37. The van der Waals surface area contributed by atoms with Crippen molar-refractivity contribution in [3.8, 4) is 6.07 Å². The number of carbonyl (C=O) groups is 1. The van der Waals surface area contributed by atoms with E-state index in [4.69, 9.17) is 10.2 Å². The average molecular weight is 293 g/mol. The number of anilines is 2. The van der Waals surface area contributed by atoms with Crippen LogP contribution in [0.1, 0.15) is 17.1 Å². The van der Waals surface area contributed by atoms with Gasteiger partial charge in [-0.15, -0.1) is 0 Å². The minimum absolute atomic E-state index is 0.0954. The van der Waals surface area contributed by atoms with Crippen LogP contribution in [0.4, 0.5) is 11.6 Å². The van der Waals surface area contributed by atoms with Crippen molar-refractivity contribution in [2.45, 2.75) is 12.3 Å². The van der Waals surface area contributed by atoms with Crippen LogP contribution in [0.2, 0.25) is 0 Å². The van der Waals surface area contributed by atoms with Crippen molar-refractivity contribution in [1.82, 2.24) is 4.98 Å². The van der Waals surface area contributed by atoms with E-state index < -0.39 is 5.41 Å². The number of nitrogens with zero attached hydrogens (tertiary/aromatic N) is 2. The van der Waals surface area contributed by atoms with Gasteiger partial charge in [0.2, 0.25) is 11.8 Å². The van der Waals surface area contributed by atoms with E-state index in [0.717, 1.165) is 0 Å². The number of nitrogens with two attached hydrogens (primary N) is 1. The van der Waals surface area contributed by atoms with Crippen LogP contribution in [0, 0.1) is 18.3 Å². The molecule has 0 aliphatic carbocycles. The lowest BCUT2D eigenvalue weighted by Gasteiger charge is -2.30. The summed E-state index contributed by atoms with van der Waals surface area (Å²) in [5.41, 5.74) is 6.37. The maximum absolute atomic E-state index is 12.8. The maximum atomic E-state index is 12.8. The summed E-state index contributed by atoms with van der Waals surface area (Å²) in [5.74, 6) is 0.421. The second-order valence-electron chi connectivity index (χ2n) is 5.19. The summed E-state index contributed by atoms with van der Waals surface area (Å²) in [4.78, 5) is 17.2. The number of para-hydroxylation sites is 1. The Labute approximate surface area is 125 Å². The third kappa shape index (κ3) is 1.24. The van der Waals surface area contributed by atoms with E-state index in [-0.39, 0.29) is 17.3 Å². The molecule has 0 saturated carbocycles. The van der Waals surface area contributed by atoms with Crippen molar-refractivity contribution in [3.05, 3.63) is 52.8 Å². The first kappa shape index (κ1) is 12.5. The van der Waals surface area contributed by atoms with Crippen molar-refractivity contribution in [2.24, 2.45) is 5.73 Å². The normalized spacial score (nSPS) is 21.9. The molecule has 1 atom stereocenters. The van der Waals surface area contributed by atoms with E-state index in [9.17, 15) is 10.1 Å². The van der Waals surface area contributed by atoms with E-state index in [0.29, 0.717) is 28.7 Å². The van der Waals surface area contributed by atoms with Crippen LogP contribution >= 0.6 is 0 Å². The molecule has 1 spiro atoms. The van der Waals surface area contributed by atoms with E-state index in [1.165, 1.54) is 0 Å². The average Bonchev–Trinajstić information content (AvgIpc) is 2.99. The summed E-state index contributed by atoms with van der Waals surface area (Å²) >= 11 is 0. The van der Waals surface area contributed by atoms with Gasteiger partial charge in [-0.05, 0) is 6.07 Å². The van der Waals surface area contributed by atoms with Crippen LogP contribution in [0.3, 0.4) is 0 Å². The van der Waals surface area contributed by atoms with Crippen LogP contribution in [-0.2, 0) is 10.2 Å². The number of nitriles is 1. The Morgan fingerprint density at radius 3 is 2.91 bits per heavy atom. The predicted molar refractivity (Wildman–Crippen MR) is 77.5 cm³/mol. The van der Waals surface area contributed by atoms with Crippen molar-refractivity contribution < 1.29 is 9.21 Å². The molecule has 22 heavy (non-hydrogen) atoms. The molecule has 108 valence electrons. The SMILES string of the molecule is Cc1nc2c(o1)NC(N)=C(C#N)C21C(=O)Nc2ccccc21. The molecule has 1 unspecified atom stereocenters. The zero-order chi connectivity index (χ0) is 15.5. The monoisotopic (exact) mass is 293 g/mol. The first-order chi connectivity index (χ1) is 10.6. The molecule has 0 fully saturated rings. The van der Waals surface area contributed by atoms with E-state index in [1.54, 1.807) is 25.1 Å². The highest BCUT2D eigenvalue weighted by Crippen LogP contribution is 2.51. The molecule has 1 aromatic carbocycles. The van der Waals surface area contributed by atoms with Gasteiger partial charge in [-0.1, -0.05) is 18.2 Å². The summed E-state index contributed by atoms with van der Waals surface area (Å²) in [6, 6.07) is 9.24. The molecule has 2 aliphatic rings. The standard InChI is InChI=1S/C15H11N5O2/c1-7-18-11-13(22-7)20-12(17)9(6-16)15(11)8-4-2-3-5-10(8)19-14(15)21/h2-5,20H,17H2,1H3,(H,19,21). The quantitative estimate of drug-likeness (QED) is 0.674. The van der Waals surface area contributed by atoms with Crippen LogP contribution in [-0.4, -0.2) is 10.9 Å². The van der Waals surface area contributed by atoms with Gasteiger partial charge in [0.15, 0.2) is 11.3 Å². The zero-order valence-electron chi connectivity index (χ0n) is 11.6. The molecule has 7 heteroatoms. The Kier molecular flexibility index (Phi) is 2.20. The smallest absolute Gasteiger partial charge is 0.246 e. The van der Waals surface area contributed by atoms with Gasteiger partial charge in [-0.3, -0.25) is 4.79 Å². The number of aryl methyl sites for hydroxylation is 1. The van der Waals surface area contributed by atoms with E-state index in [2.05, 4.69) is 21.7 Å². The molecule has 1 amide bonds. The number of hydrogen-bond donors (Lipinski definition) is 3. The van der Waals surface area contributed by atoms with Crippen LogP contribution in [0.25, 0.3) is 0 Å². The number of carbonyl (C=O) groups excluding carboxylic acids is 1. The third-order valence-electron chi connectivity index (χ3n) is 4.01. The first-order valence-electron chi connectivity index (χ1n) is 6.65. The minimum Gasteiger partial charge on any atom is -0.425 e. The summed E-state index contributed by atoms with van der Waals surface area (Å²) in [6.45, 7) is 1.68. The molecular formula is C15H11N5O2. The fourth-order valence-corrected chi connectivity index (χ4v) is 3.16. The molecule has 2 aromatic rings. The largest absolute Gasteiger partial charge is 0.425 e. The molecular weight excluding hydrogens is 282 g/mol. The van der Waals surface area contributed by atoms with Gasteiger partial charge >= 0.3 is 0 Å². The topological polar surface area (TPSA) is 117 Å². The molecule has 1 aromatic heterocycles. The Hall–Kier alpha value is -3.27. The van der Waals surface area contributed by atoms with Gasteiger partial charge in [-0.25, -0.2) is 4.98 Å². The number of benzene rings is 1. The number of rotatable bonds is 0. The number of fused-ring (bicyclic) bond motifs is 4. The Bertz CT molecular complexity index is 905. The van der Waals surface area contributed by atoms with Crippen LogP contribution < -0.4 is 16.4 Å². The number of oxazole rings is 1. The number of nitrogens with one attached hydrogen (secondary N) is 2.